The summed E-state index contributed by atoms with van der Waals surface area (Å²) >= 11 is 3.36. The van der Waals surface area contributed by atoms with E-state index in [0.29, 0.717) is 6.04 Å². The maximum atomic E-state index is 4.25. The van der Waals surface area contributed by atoms with Crippen LogP contribution in [-0.4, -0.2) is 11.0 Å². The summed E-state index contributed by atoms with van der Waals surface area (Å²) in [6.07, 6.45) is 7.58. The first-order valence-electron chi connectivity index (χ1n) is 5.71. The molecule has 1 heterocycles. The Morgan fingerprint density at radius 1 is 1.20 bits per heavy atom. The molecule has 0 saturated heterocycles. The molecule has 0 aliphatic heterocycles. The van der Waals surface area contributed by atoms with E-state index in [0.717, 1.165) is 16.4 Å². The average molecular weight is 267 g/mol. The highest BCUT2D eigenvalue weighted by molar-refractivity contribution is 9.10. The number of halogens is 1. The maximum absolute atomic E-state index is 4.25. The van der Waals surface area contributed by atoms with Crippen LogP contribution in [0.25, 0.3) is 0 Å². The summed E-state index contributed by atoms with van der Waals surface area (Å²) in [5.74, 6) is 1.86. The van der Waals surface area contributed by atoms with Crippen LogP contribution in [0.15, 0.2) is 22.9 Å². The van der Waals surface area contributed by atoms with E-state index in [-0.39, 0.29) is 0 Å². The zero-order valence-corrected chi connectivity index (χ0v) is 10.2. The Labute approximate surface area is 98.6 Å². The highest BCUT2D eigenvalue weighted by Crippen LogP contribution is 2.45. The Hall–Kier alpha value is -0.570. The van der Waals surface area contributed by atoms with Gasteiger partial charge in [-0.15, -0.1) is 0 Å². The van der Waals surface area contributed by atoms with Gasteiger partial charge in [0.2, 0.25) is 0 Å². The second kappa shape index (κ2) is 3.78. The molecule has 0 bridgehead atoms. The number of nitrogens with one attached hydrogen (secondary N) is 1. The Morgan fingerprint density at radius 3 is 2.33 bits per heavy atom. The van der Waals surface area contributed by atoms with Crippen LogP contribution < -0.4 is 5.32 Å². The van der Waals surface area contributed by atoms with Crippen molar-refractivity contribution < 1.29 is 0 Å². The molecule has 3 heteroatoms. The van der Waals surface area contributed by atoms with Gasteiger partial charge in [0.05, 0.1) is 11.9 Å². The number of anilines is 1. The number of hydrogen-bond acceptors (Lipinski definition) is 2. The largest absolute Gasteiger partial charge is 0.381 e. The Bertz CT molecular complexity index is 329. The molecule has 0 amide bonds. The van der Waals surface area contributed by atoms with Gasteiger partial charge in [0, 0.05) is 6.04 Å². The standard InChI is InChI=1S/C12H15BrN2/c13-11-6-5-10(7-14-11)15-12(8-1-2-8)9-3-4-9/h5-9,12,15H,1-4H2. The van der Waals surface area contributed by atoms with Gasteiger partial charge in [-0.05, 0) is 65.6 Å². The molecule has 0 aromatic carbocycles. The van der Waals surface area contributed by atoms with E-state index in [2.05, 4.69) is 32.3 Å². The molecule has 2 saturated carbocycles. The third kappa shape index (κ3) is 2.33. The van der Waals surface area contributed by atoms with E-state index >= 15 is 0 Å². The van der Waals surface area contributed by atoms with Gasteiger partial charge >= 0.3 is 0 Å². The highest BCUT2D eigenvalue weighted by atomic mass is 79.9. The van der Waals surface area contributed by atoms with Gasteiger partial charge in [-0.25, -0.2) is 4.98 Å². The second-order valence-electron chi connectivity index (χ2n) is 4.71. The molecular weight excluding hydrogens is 252 g/mol. The van der Waals surface area contributed by atoms with Crippen molar-refractivity contribution in [3.63, 3.8) is 0 Å². The number of aromatic nitrogens is 1. The first-order chi connectivity index (χ1) is 7.33. The van der Waals surface area contributed by atoms with Gasteiger partial charge in [0.25, 0.3) is 0 Å². The predicted molar refractivity (Wildman–Crippen MR) is 64.8 cm³/mol. The Balaban J connectivity index is 1.69. The molecule has 2 fully saturated rings. The minimum Gasteiger partial charge on any atom is -0.381 e. The third-order valence-electron chi connectivity index (χ3n) is 3.32. The summed E-state index contributed by atoms with van der Waals surface area (Å²) in [5.41, 5.74) is 1.17. The minimum absolute atomic E-state index is 0.716. The van der Waals surface area contributed by atoms with E-state index in [9.17, 15) is 0 Å². The predicted octanol–water partition coefficient (Wildman–Crippen LogP) is 3.44. The fraction of sp³-hybridized carbons (Fsp3) is 0.583. The van der Waals surface area contributed by atoms with Crippen LogP contribution in [0.4, 0.5) is 5.69 Å². The van der Waals surface area contributed by atoms with Gasteiger partial charge in [0.1, 0.15) is 4.60 Å². The van der Waals surface area contributed by atoms with Crippen LogP contribution >= 0.6 is 15.9 Å². The lowest BCUT2D eigenvalue weighted by Gasteiger charge is -2.18. The number of hydrogen-bond donors (Lipinski definition) is 1. The van der Waals surface area contributed by atoms with Crippen molar-refractivity contribution in [3.8, 4) is 0 Å². The normalized spacial score (nSPS) is 20.7. The van der Waals surface area contributed by atoms with Crippen LogP contribution in [0.5, 0.6) is 0 Å². The van der Waals surface area contributed by atoms with Crippen LogP contribution in [0.2, 0.25) is 0 Å². The Morgan fingerprint density at radius 2 is 1.87 bits per heavy atom. The molecule has 2 aliphatic carbocycles. The molecule has 15 heavy (non-hydrogen) atoms. The first kappa shape index (κ1) is 9.64. The summed E-state index contributed by atoms with van der Waals surface area (Å²) < 4.78 is 0.905. The van der Waals surface area contributed by atoms with Crippen molar-refractivity contribution in [1.29, 1.82) is 0 Å². The van der Waals surface area contributed by atoms with Crippen LogP contribution in [0, 0.1) is 11.8 Å². The van der Waals surface area contributed by atoms with Crippen molar-refractivity contribution in [2.45, 2.75) is 31.7 Å². The van der Waals surface area contributed by atoms with Gasteiger partial charge < -0.3 is 5.32 Å². The third-order valence-corrected chi connectivity index (χ3v) is 3.79. The molecule has 0 atom stereocenters. The fourth-order valence-corrected chi connectivity index (χ4v) is 2.42. The van der Waals surface area contributed by atoms with Crippen LogP contribution in [0.3, 0.4) is 0 Å². The lowest BCUT2D eigenvalue weighted by atomic mass is 10.1. The van der Waals surface area contributed by atoms with Crippen LogP contribution in [-0.2, 0) is 0 Å². The van der Waals surface area contributed by atoms with Crippen molar-refractivity contribution in [2.75, 3.05) is 5.32 Å². The van der Waals surface area contributed by atoms with Crippen molar-refractivity contribution in [1.82, 2.24) is 4.98 Å². The van der Waals surface area contributed by atoms with Crippen LogP contribution in [0.1, 0.15) is 25.7 Å². The van der Waals surface area contributed by atoms with E-state index in [1.807, 2.05) is 12.3 Å². The summed E-state index contributed by atoms with van der Waals surface area (Å²) in [6, 6.07) is 4.82. The first-order valence-corrected chi connectivity index (χ1v) is 6.50. The lowest BCUT2D eigenvalue weighted by molar-refractivity contribution is 0.567. The molecule has 1 aromatic heterocycles. The maximum Gasteiger partial charge on any atom is 0.106 e. The van der Waals surface area contributed by atoms with Gasteiger partial charge in [0.15, 0.2) is 0 Å². The number of rotatable bonds is 4. The van der Waals surface area contributed by atoms with Crippen molar-refractivity contribution in [3.05, 3.63) is 22.9 Å². The SMILES string of the molecule is Brc1ccc(NC(C2CC2)C2CC2)cn1. The number of pyridine rings is 1. The molecule has 1 N–H and O–H groups in total. The van der Waals surface area contributed by atoms with Gasteiger partial charge in [-0.2, -0.15) is 0 Å². The minimum atomic E-state index is 0.716. The summed E-state index contributed by atoms with van der Waals surface area (Å²) in [5, 5.41) is 3.65. The second-order valence-corrected chi connectivity index (χ2v) is 5.53. The van der Waals surface area contributed by atoms with E-state index in [4.69, 9.17) is 0 Å². The zero-order chi connectivity index (χ0) is 10.3. The number of nitrogens with zero attached hydrogens (tertiary/aromatic N) is 1. The average Bonchev–Trinajstić information content (AvgIpc) is 3.11. The highest BCUT2D eigenvalue weighted by Gasteiger charge is 2.41. The van der Waals surface area contributed by atoms with Crippen molar-refractivity contribution in [2.24, 2.45) is 11.8 Å². The Kier molecular flexibility index (Phi) is 2.43. The smallest absolute Gasteiger partial charge is 0.106 e. The topological polar surface area (TPSA) is 24.9 Å². The monoisotopic (exact) mass is 266 g/mol. The van der Waals surface area contributed by atoms with Gasteiger partial charge in [-0.1, -0.05) is 0 Å². The van der Waals surface area contributed by atoms with E-state index < -0.39 is 0 Å². The molecule has 2 aliphatic rings. The summed E-state index contributed by atoms with van der Waals surface area (Å²) in [4.78, 5) is 4.25. The van der Waals surface area contributed by atoms with Gasteiger partial charge in [-0.3, -0.25) is 0 Å². The summed E-state index contributed by atoms with van der Waals surface area (Å²) in [6.45, 7) is 0. The molecule has 0 spiro atoms. The molecule has 0 radical (unpaired) electrons. The lowest BCUT2D eigenvalue weighted by Crippen LogP contribution is -2.24. The molecule has 2 nitrogen and oxygen atoms in total. The molecular formula is C12H15BrN2. The van der Waals surface area contributed by atoms with E-state index in [1.54, 1.807) is 0 Å². The molecule has 0 unspecified atom stereocenters. The molecule has 80 valence electrons. The molecule has 3 rings (SSSR count). The van der Waals surface area contributed by atoms with E-state index in [1.165, 1.54) is 31.4 Å². The molecule has 1 aromatic rings. The summed E-state index contributed by atoms with van der Waals surface area (Å²) in [7, 11) is 0. The fourth-order valence-electron chi connectivity index (χ4n) is 2.18. The zero-order valence-electron chi connectivity index (χ0n) is 8.62. The van der Waals surface area contributed by atoms with Crippen molar-refractivity contribution >= 4 is 21.6 Å². The quantitative estimate of drug-likeness (QED) is 0.845.